The largest absolute Gasteiger partial charge is 0.380 e. The Kier molecular flexibility index (Phi) is 6.79. The molecule has 4 aromatic carbocycles. The van der Waals surface area contributed by atoms with Crippen LogP contribution in [0.15, 0.2) is 120 Å². The zero-order chi connectivity index (χ0) is 23.3. The number of sulfonamides is 1. The summed E-state index contributed by atoms with van der Waals surface area (Å²) in [5, 5.41) is 10.4. The normalized spacial score (nSPS) is 12.4. The van der Waals surface area contributed by atoms with Crippen LogP contribution in [0.25, 0.3) is 0 Å². The van der Waals surface area contributed by atoms with Gasteiger partial charge in [-0.25, -0.2) is 8.42 Å². The van der Waals surface area contributed by atoms with Gasteiger partial charge in [0.25, 0.3) is 0 Å². The number of rotatable bonds is 8. The van der Waals surface area contributed by atoms with E-state index < -0.39 is 28.0 Å². The molecule has 0 saturated carbocycles. The molecule has 0 spiro atoms. The van der Waals surface area contributed by atoms with Gasteiger partial charge in [-0.2, -0.15) is 4.72 Å². The van der Waals surface area contributed by atoms with E-state index in [4.69, 9.17) is 0 Å². The second-order valence-corrected chi connectivity index (χ2v) is 9.29. The van der Waals surface area contributed by atoms with Gasteiger partial charge < -0.3 is 5.11 Å². The SMILES string of the molecule is O=C(c1ccc(S(=O)(=O)NC(c2ccccc2)c2ccccc2)cc1)C(O)c1ccccc1. The van der Waals surface area contributed by atoms with Gasteiger partial charge in [-0.1, -0.05) is 91.0 Å². The Morgan fingerprint density at radius 2 is 1.06 bits per heavy atom. The van der Waals surface area contributed by atoms with E-state index in [0.717, 1.165) is 11.1 Å². The van der Waals surface area contributed by atoms with E-state index in [9.17, 15) is 18.3 Å². The van der Waals surface area contributed by atoms with Gasteiger partial charge in [-0.15, -0.1) is 0 Å². The molecular weight excluding hydrogens is 434 g/mol. The Morgan fingerprint density at radius 3 is 1.52 bits per heavy atom. The van der Waals surface area contributed by atoms with E-state index in [0.29, 0.717) is 5.56 Å². The average Bonchev–Trinajstić information content (AvgIpc) is 2.88. The topological polar surface area (TPSA) is 83.5 Å². The predicted octanol–water partition coefficient (Wildman–Crippen LogP) is 4.67. The zero-order valence-electron chi connectivity index (χ0n) is 17.7. The van der Waals surface area contributed by atoms with Crippen molar-refractivity contribution in [2.24, 2.45) is 0 Å². The van der Waals surface area contributed by atoms with Crippen LogP contribution in [-0.4, -0.2) is 19.3 Å². The first kappa shape index (κ1) is 22.6. The summed E-state index contributed by atoms with van der Waals surface area (Å²) in [6, 6.07) is 32.3. The lowest BCUT2D eigenvalue weighted by molar-refractivity contribution is 0.0747. The van der Waals surface area contributed by atoms with Crippen LogP contribution < -0.4 is 4.72 Å². The van der Waals surface area contributed by atoms with Gasteiger partial charge in [0.1, 0.15) is 6.10 Å². The molecule has 0 aliphatic rings. The smallest absolute Gasteiger partial charge is 0.241 e. The Morgan fingerprint density at radius 1 is 0.636 bits per heavy atom. The molecule has 166 valence electrons. The summed E-state index contributed by atoms with van der Waals surface area (Å²) < 4.78 is 29.1. The van der Waals surface area contributed by atoms with Crippen LogP contribution in [0.3, 0.4) is 0 Å². The molecule has 0 aliphatic carbocycles. The molecular formula is C27H23NO4S. The van der Waals surface area contributed by atoms with E-state index in [1.807, 2.05) is 60.7 Å². The van der Waals surface area contributed by atoms with Gasteiger partial charge in [-0.05, 0) is 41.0 Å². The summed E-state index contributed by atoms with van der Waals surface area (Å²) in [5.41, 5.74) is 2.33. The van der Waals surface area contributed by atoms with Gasteiger partial charge in [-0.3, -0.25) is 4.79 Å². The molecule has 33 heavy (non-hydrogen) atoms. The number of ketones is 1. The molecule has 0 amide bonds. The van der Waals surface area contributed by atoms with Gasteiger partial charge in [0.2, 0.25) is 10.0 Å². The fourth-order valence-electron chi connectivity index (χ4n) is 3.59. The highest BCUT2D eigenvalue weighted by atomic mass is 32.2. The molecule has 0 saturated heterocycles. The number of aliphatic hydroxyl groups excluding tert-OH is 1. The Hall–Kier alpha value is -3.58. The molecule has 0 aromatic heterocycles. The van der Waals surface area contributed by atoms with E-state index in [-0.39, 0.29) is 10.5 Å². The molecule has 4 rings (SSSR count). The molecule has 1 atom stereocenters. The predicted molar refractivity (Wildman–Crippen MR) is 127 cm³/mol. The number of aliphatic hydroxyl groups is 1. The number of Topliss-reactive ketones (excluding diaryl/α,β-unsaturated/α-hetero) is 1. The number of hydrogen-bond donors (Lipinski definition) is 2. The Bertz CT molecular complexity index is 1270. The van der Waals surface area contributed by atoms with Crippen LogP contribution >= 0.6 is 0 Å². The highest BCUT2D eigenvalue weighted by molar-refractivity contribution is 7.89. The Balaban J connectivity index is 1.58. The number of hydrogen-bond acceptors (Lipinski definition) is 4. The van der Waals surface area contributed by atoms with Gasteiger partial charge >= 0.3 is 0 Å². The van der Waals surface area contributed by atoms with E-state index in [1.165, 1.54) is 24.3 Å². The first-order valence-corrected chi connectivity index (χ1v) is 11.9. The molecule has 0 bridgehead atoms. The fourth-order valence-corrected chi connectivity index (χ4v) is 4.80. The molecule has 1 unspecified atom stereocenters. The minimum atomic E-state index is -3.89. The van der Waals surface area contributed by atoms with Crippen molar-refractivity contribution in [3.05, 3.63) is 138 Å². The maximum atomic E-state index is 13.2. The maximum absolute atomic E-state index is 13.2. The van der Waals surface area contributed by atoms with E-state index in [1.54, 1.807) is 30.3 Å². The fraction of sp³-hybridized carbons (Fsp3) is 0.0741. The standard InChI is InChI=1S/C27H23NO4S/c29-26(22-14-8-3-9-15-22)27(30)23-16-18-24(19-17-23)33(31,32)28-25(20-10-4-1-5-11-20)21-12-6-2-7-13-21/h1-19,25-26,28-29H. The lowest BCUT2D eigenvalue weighted by Crippen LogP contribution is -2.29. The molecule has 0 aliphatic heterocycles. The van der Waals surface area contributed by atoms with Gasteiger partial charge in [0, 0.05) is 5.56 Å². The molecule has 5 nitrogen and oxygen atoms in total. The molecule has 0 heterocycles. The third-order valence-electron chi connectivity index (χ3n) is 5.35. The van der Waals surface area contributed by atoms with Crippen molar-refractivity contribution in [1.29, 1.82) is 0 Å². The van der Waals surface area contributed by atoms with Gasteiger partial charge in [0.15, 0.2) is 5.78 Å². The summed E-state index contributed by atoms with van der Waals surface area (Å²) in [6.45, 7) is 0. The highest BCUT2D eigenvalue weighted by Gasteiger charge is 2.24. The van der Waals surface area contributed by atoms with Crippen molar-refractivity contribution in [3.63, 3.8) is 0 Å². The van der Waals surface area contributed by atoms with Crippen molar-refractivity contribution < 1.29 is 18.3 Å². The Labute approximate surface area is 193 Å². The molecule has 0 radical (unpaired) electrons. The molecule has 0 fully saturated rings. The number of nitrogens with one attached hydrogen (secondary N) is 1. The van der Waals surface area contributed by atoms with Crippen molar-refractivity contribution in [2.75, 3.05) is 0 Å². The van der Waals surface area contributed by atoms with Crippen LogP contribution in [0.1, 0.15) is 39.2 Å². The van der Waals surface area contributed by atoms with Crippen molar-refractivity contribution in [1.82, 2.24) is 4.72 Å². The molecule has 4 aromatic rings. The van der Waals surface area contributed by atoms with Crippen LogP contribution in [-0.2, 0) is 10.0 Å². The minimum Gasteiger partial charge on any atom is -0.380 e. The van der Waals surface area contributed by atoms with Crippen LogP contribution in [0.2, 0.25) is 0 Å². The van der Waals surface area contributed by atoms with Crippen LogP contribution in [0.4, 0.5) is 0 Å². The second kappa shape index (κ2) is 9.92. The van der Waals surface area contributed by atoms with Crippen molar-refractivity contribution in [2.45, 2.75) is 17.0 Å². The van der Waals surface area contributed by atoms with Crippen LogP contribution in [0.5, 0.6) is 0 Å². The first-order chi connectivity index (χ1) is 16.0. The first-order valence-electron chi connectivity index (χ1n) is 10.5. The van der Waals surface area contributed by atoms with Crippen LogP contribution in [0, 0.1) is 0 Å². The van der Waals surface area contributed by atoms with Crippen molar-refractivity contribution >= 4 is 15.8 Å². The average molecular weight is 458 g/mol. The summed E-state index contributed by atoms with van der Waals surface area (Å²) >= 11 is 0. The summed E-state index contributed by atoms with van der Waals surface area (Å²) in [6.07, 6.45) is -1.31. The van der Waals surface area contributed by atoms with Crippen molar-refractivity contribution in [3.8, 4) is 0 Å². The number of carbonyl (C=O) groups is 1. The highest BCUT2D eigenvalue weighted by Crippen LogP contribution is 2.25. The van der Waals surface area contributed by atoms with Gasteiger partial charge in [0.05, 0.1) is 10.9 Å². The molecule has 6 heteroatoms. The quantitative estimate of drug-likeness (QED) is 0.377. The summed E-state index contributed by atoms with van der Waals surface area (Å²) in [5.74, 6) is -0.496. The summed E-state index contributed by atoms with van der Waals surface area (Å²) in [4.78, 5) is 12.7. The second-order valence-electron chi connectivity index (χ2n) is 7.58. The minimum absolute atomic E-state index is 0.0325. The lowest BCUT2D eigenvalue weighted by Gasteiger charge is -2.20. The number of carbonyl (C=O) groups excluding carboxylic acids is 1. The number of benzene rings is 4. The van der Waals surface area contributed by atoms with E-state index in [2.05, 4.69) is 4.72 Å². The monoisotopic (exact) mass is 457 g/mol. The zero-order valence-corrected chi connectivity index (χ0v) is 18.5. The summed E-state index contributed by atoms with van der Waals surface area (Å²) in [7, 11) is -3.89. The van der Waals surface area contributed by atoms with E-state index >= 15 is 0 Å². The maximum Gasteiger partial charge on any atom is 0.241 e. The third-order valence-corrected chi connectivity index (χ3v) is 6.79. The molecule has 2 N–H and O–H groups in total. The third kappa shape index (κ3) is 5.26. The lowest BCUT2D eigenvalue weighted by atomic mass is 10.00.